The third-order valence-corrected chi connectivity index (χ3v) is 5.96. The molecule has 0 spiro atoms. The molecule has 6 heteroatoms. The van der Waals surface area contributed by atoms with Crippen LogP contribution in [0.15, 0.2) is 54.9 Å². The van der Waals surface area contributed by atoms with Crippen LogP contribution in [0.3, 0.4) is 0 Å². The summed E-state index contributed by atoms with van der Waals surface area (Å²) in [7, 11) is 0. The molecule has 1 amide bonds. The summed E-state index contributed by atoms with van der Waals surface area (Å²) >= 11 is 0. The van der Waals surface area contributed by atoms with Gasteiger partial charge in [-0.15, -0.1) is 0 Å². The van der Waals surface area contributed by atoms with Gasteiger partial charge in [0.05, 0.1) is 23.8 Å². The summed E-state index contributed by atoms with van der Waals surface area (Å²) in [6.45, 7) is 1.35. The number of amides is 1. The predicted octanol–water partition coefficient (Wildman–Crippen LogP) is 4.21. The Bertz CT molecular complexity index is 1000. The molecule has 1 aliphatic heterocycles. The summed E-state index contributed by atoms with van der Waals surface area (Å²) in [5.41, 5.74) is 3.85. The summed E-state index contributed by atoms with van der Waals surface area (Å²) in [4.78, 5) is 19.2. The largest absolute Gasteiger partial charge is 0.364 e. The first kappa shape index (κ1) is 17.9. The minimum Gasteiger partial charge on any atom is -0.364 e. The minimum absolute atomic E-state index is 0.00399. The van der Waals surface area contributed by atoms with Crippen LogP contribution >= 0.6 is 0 Å². The Kier molecular flexibility index (Phi) is 4.76. The Hall–Kier alpha value is -3.15. The quantitative estimate of drug-likeness (QED) is 0.712. The Balaban J connectivity index is 1.21. The number of rotatable bonds is 5. The summed E-state index contributed by atoms with van der Waals surface area (Å²) in [6, 6.07) is 14.4. The molecule has 2 aliphatic rings. The van der Waals surface area contributed by atoms with E-state index in [0.29, 0.717) is 18.2 Å². The maximum atomic E-state index is 12.9. The number of para-hydroxylation sites is 1. The molecule has 1 N–H and O–H groups in total. The Morgan fingerprint density at radius 1 is 1.10 bits per heavy atom. The van der Waals surface area contributed by atoms with Gasteiger partial charge in [0.15, 0.2) is 0 Å². The smallest absolute Gasteiger partial charge is 0.259 e. The number of anilines is 2. The number of nitrogens with one attached hydrogen (secondary N) is 1. The molecule has 2 aromatic heterocycles. The average Bonchev–Trinajstić information content (AvgIpc) is 3.52. The molecule has 0 radical (unpaired) electrons. The van der Waals surface area contributed by atoms with Crippen LogP contribution in [0.5, 0.6) is 0 Å². The molecule has 1 fully saturated rings. The number of hydrogen-bond donors (Lipinski definition) is 1. The molecule has 6 nitrogen and oxygen atoms in total. The van der Waals surface area contributed by atoms with Gasteiger partial charge in [0.25, 0.3) is 5.91 Å². The number of pyridine rings is 1. The molecule has 0 bridgehead atoms. The van der Waals surface area contributed by atoms with Gasteiger partial charge in [0.1, 0.15) is 5.82 Å². The SMILES string of the molecule is O=C(c1ccc(NCc2ccn(C3CCCC3)n2)nc1)N1CCc2ccccc21. The first-order valence-corrected chi connectivity index (χ1v) is 10.4. The van der Waals surface area contributed by atoms with Crippen LogP contribution in [0.2, 0.25) is 0 Å². The van der Waals surface area contributed by atoms with Gasteiger partial charge in [-0.1, -0.05) is 31.0 Å². The van der Waals surface area contributed by atoms with Gasteiger partial charge in [-0.3, -0.25) is 9.48 Å². The number of carbonyl (C=O) groups is 1. The number of carbonyl (C=O) groups excluding carboxylic acids is 1. The van der Waals surface area contributed by atoms with E-state index in [9.17, 15) is 4.79 Å². The van der Waals surface area contributed by atoms with Crippen LogP contribution in [0.1, 0.15) is 53.3 Å². The van der Waals surface area contributed by atoms with Gasteiger partial charge in [0.2, 0.25) is 0 Å². The molecule has 0 saturated heterocycles. The Labute approximate surface area is 170 Å². The molecule has 0 unspecified atom stereocenters. The highest BCUT2D eigenvalue weighted by atomic mass is 16.2. The van der Waals surface area contributed by atoms with E-state index in [-0.39, 0.29) is 5.91 Å². The number of hydrogen-bond acceptors (Lipinski definition) is 4. The highest BCUT2D eigenvalue weighted by Gasteiger charge is 2.25. The van der Waals surface area contributed by atoms with E-state index >= 15 is 0 Å². The Morgan fingerprint density at radius 2 is 1.97 bits per heavy atom. The molecule has 1 aromatic carbocycles. The zero-order chi connectivity index (χ0) is 19.6. The van der Waals surface area contributed by atoms with E-state index in [1.54, 1.807) is 6.20 Å². The van der Waals surface area contributed by atoms with Crippen LogP contribution in [-0.2, 0) is 13.0 Å². The zero-order valence-corrected chi connectivity index (χ0v) is 16.4. The summed E-state index contributed by atoms with van der Waals surface area (Å²) in [5, 5.41) is 8.00. The summed E-state index contributed by atoms with van der Waals surface area (Å²) < 4.78 is 2.10. The molecular weight excluding hydrogens is 362 g/mol. The third kappa shape index (κ3) is 3.62. The fraction of sp³-hybridized carbons (Fsp3) is 0.348. The van der Waals surface area contributed by atoms with Crippen molar-refractivity contribution in [3.63, 3.8) is 0 Å². The van der Waals surface area contributed by atoms with Crippen molar-refractivity contribution in [2.75, 3.05) is 16.8 Å². The highest BCUT2D eigenvalue weighted by molar-refractivity contribution is 6.07. The van der Waals surface area contributed by atoms with E-state index in [2.05, 4.69) is 33.3 Å². The van der Waals surface area contributed by atoms with Crippen molar-refractivity contribution in [2.24, 2.45) is 0 Å². The van der Waals surface area contributed by atoms with Gasteiger partial charge in [-0.05, 0) is 49.1 Å². The lowest BCUT2D eigenvalue weighted by molar-refractivity contribution is 0.0989. The maximum Gasteiger partial charge on any atom is 0.259 e. The van der Waals surface area contributed by atoms with Crippen LogP contribution < -0.4 is 10.2 Å². The van der Waals surface area contributed by atoms with Crippen molar-refractivity contribution in [1.82, 2.24) is 14.8 Å². The number of fused-ring (bicyclic) bond motifs is 1. The van der Waals surface area contributed by atoms with E-state index in [0.717, 1.165) is 30.2 Å². The van der Waals surface area contributed by atoms with E-state index < -0.39 is 0 Å². The fourth-order valence-corrected chi connectivity index (χ4v) is 4.35. The maximum absolute atomic E-state index is 12.9. The zero-order valence-electron chi connectivity index (χ0n) is 16.4. The van der Waals surface area contributed by atoms with Crippen molar-refractivity contribution >= 4 is 17.4 Å². The van der Waals surface area contributed by atoms with E-state index in [1.807, 2.05) is 35.2 Å². The van der Waals surface area contributed by atoms with Crippen molar-refractivity contribution in [1.29, 1.82) is 0 Å². The number of benzene rings is 1. The second kappa shape index (κ2) is 7.70. The lowest BCUT2D eigenvalue weighted by atomic mass is 10.2. The van der Waals surface area contributed by atoms with Gasteiger partial charge >= 0.3 is 0 Å². The highest BCUT2D eigenvalue weighted by Crippen LogP contribution is 2.29. The molecule has 5 rings (SSSR count). The molecular formula is C23H25N5O. The first-order chi connectivity index (χ1) is 14.3. The normalized spacial score (nSPS) is 16.2. The van der Waals surface area contributed by atoms with E-state index in [1.165, 1.54) is 31.2 Å². The number of aromatic nitrogens is 3. The summed E-state index contributed by atoms with van der Waals surface area (Å²) in [6.07, 6.45) is 9.70. The second-order valence-corrected chi connectivity index (χ2v) is 7.85. The molecule has 1 aliphatic carbocycles. The van der Waals surface area contributed by atoms with Crippen LogP contribution in [0, 0.1) is 0 Å². The Morgan fingerprint density at radius 3 is 2.79 bits per heavy atom. The van der Waals surface area contributed by atoms with Gasteiger partial charge < -0.3 is 10.2 Å². The van der Waals surface area contributed by atoms with Crippen LogP contribution in [-0.4, -0.2) is 27.2 Å². The molecule has 0 atom stereocenters. The standard InChI is InChI=1S/C23H25N5O/c29-23(27-13-11-17-5-1-4-8-21(17)27)18-9-10-22(24-15-18)25-16-19-12-14-28(26-19)20-6-2-3-7-20/h1,4-5,8-10,12,14-15,20H,2-3,6-7,11,13,16H2,(H,24,25). The van der Waals surface area contributed by atoms with Crippen molar-refractivity contribution < 1.29 is 4.79 Å². The molecule has 1 saturated carbocycles. The number of nitrogens with zero attached hydrogens (tertiary/aromatic N) is 4. The minimum atomic E-state index is 0.00399. The van der Waals surface area contributed by atoms with Crippen molar-refractivity contribution in [3.05, 3.63) is 71.7 Å². The van der Waals surface area contributed by atoms with Crippen molar-refractivity contribution in [3.8, 4) is 0 Å². The van der Waals surface area contributed by atoms with Gasteiger partial charge in [-0.2, -0.15) is 5.10 Å². The topological polar surface area (TPSA) is 63.1 Å². The molecule has 3 heterocycles. The molecule has 3 aromatic rings. The van der Waals surface area contributed by atoms with Crippen LogP contribution in [0.25, 0.3) is 0 Å². The fourth-order valence-electron chi connectivity index (χ4n) is 4.35. The van der Waals surface area contributed by atoms with Gasteiger partial charge in [-0.25, -0.2) is 4.98 Å². The molecule has 29 heavy (non-hydrogen) atoms. The lowest BCUT2D eigenvalue weighted by Crippen LogP contribution is -2.28. The van der Waals surface area contributed by atoms with Crippen LogP contribution in [0.4, 0.5) is 11.5 Å². The third-order valence-electron chi connectivity index (χ3n) is 5.96. The second-order valence-electron chi connectivity index (χ2n) is 7.85. The predicted molar refractivity (Wildman–Crippen MR) is 113 cm³/mol. The average molecular weight is 387 g/mol. The van der Waals surface area contributed by atoms with Gasteiger partial charge in [0, 0.05) is 24.6 Å². The molecule has 148 valence electrons. The lowest BCUT2D eigenvalue weighted by Gasteiger charge is -2.17. The first-order valence-electron chi connectivity index (χ1n) is 10.4. The van der Waals surface area contributed by atoms with E-state index in [4.69, 9.17) is 5.10 Å². The monoisotopic (exact) mass is 387 g/mol. The van der Waals surface area contributed by atoms with Crippen molar-refractivity contribution in [2.45, 2.75) is 44.7 Å². The summed E-state index contributed by atoms with van der Waals surface area (Å²) in [5.74, 6) is 0.753.